The van der Waals surface area contributed by atoms with E-state index < -0.39 is 10.8 Å². The van der Waals surface area contributed by atoms with E-state index in [1.54, 1.807) is 0 Å². The second kappa shape index (κ2) is 5.89. The van der Waals surface area contributed by atoms with E-state index in [-0.39, 0.29) is 16.8 Å². The first-order chi connectivity index (χ1) is 8.16. The van der Waals surface area contributed by atoms with Crippen LogP contribution in [-0.2, 0) is 15.5 Å². The molecule has 1 unspecified atom stereocenters. The normalized spacial score (nSPS) is 19.1. The minimum Gasteiger partial charge on any atom is -0.381 e. The van der Waals surface area contributed by atoms with Gasteiger partial charge in [0.05, 0.1) is 10.6 Å². The average Bonchev–Trinajstić information content (AvgIpc) is 2.77. The molecule has 0 radical (unpaired) electrons. The molecule has 0 bridgehead atoms. The molecule has 5 heteroatoms. The van der Waals surface area contributed by atoms with Crippen LogP contribution in [-0.4, -0.2) is 34.2 Å². The highest BCUT2D eigenvalue weighted by atomic mass is 32.2. The van der Waals surface area contributed by atoms with Crippen molar-refractivity contribution in [3.63, 3.8) is 0 Å². The van der Waals surface area contributed by atoms with E-state index in [1.807, 2.05) is 19.1 Å². The highest BCUT2D eigenvalue weighted by Gasteiger charge is 2.23. The molecule has 1 atom stereocenters. The zero-order valence-electron chi connectivity index (χ0n) is 9.81. The number of carbonyl (C=O) groups excluding carboxylic acids is 1. The molecule has 1 aliphatic rings. The Hall–Kier alpha value is -0.520. The molecule has 17 heavy (non-hydrogen) atoms. The number of carbonyl (C=O) groups is 1. The first-order valence-corrected chi connectivity index (χ1v) is 7.91. The lowest BCUT2D eigenvalue weighted by Gasteiger charge is -2.20. The third kappa shape index (κ3) is 3.47. The van der Waals surface area contributed by atoms with Gasteiger partial charge in [-0.2, -0.15) is 0 Å². The third-order valence-corrected chi connectivity index (χ3v) is 5.63. The fourth-order valence-corrected chi connectivity index (χ4v) is 4.11. The number of hydrogen-bond donors (Lipinski definition) is 0. The summed E-state index contributed by atoms with van der Waals surface area (Å²) in [6, 6.07) is 3.75. The van der Waals surface area contributed by atoms with Crippen LogP contribution in [0.1, 0.15) is 27.4 Å². The maximum absolute atomic E-state index is 12.0. The predicted octanol–water partition coefficient (Wildman–Crippen LogP) is 2.17. The summed E-state index contributed by atoms with van der Waals surface area (Å²) in [6.07, 6.45) is 1.62. The summed E-state index contributed by atoms with van der Waals surface area (Å²) in [6.45, 7) is 3.31. The molecule has 3 nitrogen and oxygen atoms in total. The van der Waals surface area contributed by atoms with Gasteiger partial charge in [0, 0.05) is 34.1 Å². The summed E-state index contributed by atoms with van der Waals surface area (Å²) >= 11 is 1.48. The van der Waals surface area contributed by atoms with Crippen LogP contribution in [0.15, 0.2) is 12.1 Å². The van der Waals surface area contributed by atoms with Gasteiger partial charge in [-0.1, -0.05) is 0 Å². The van der Waals surface area contributed by atoms with Crippen molar-refractivity contribution in [3.8, 4) is 0 Å². The van der Waals surface area contributed by atoms with Gasteiger partial charge in [-0.05, 0) is 31.9 Å². The number of thiophene rings is 1. The fourth-order valence-electron chi connectivity index (χ4n) is 1.84. The van der Waals surface area contributed by atoms with Crippen molar-refractivity contribution in [2.75, 3.05) is 19.0 Å². The molecule has 2 rings (SSSR count). The zero-order chi connectivity index (χ0) is 12.3. The lowest BCUT2D eigenvalue weighted by atomic mass is 10.2. The van der Waals surface area contributed by atoms with Crippen LogP contribution in [0.25, 0.3) is 0 Å². The van der Waals surface area contributed by atoms with Gasteiger partial charge in [-0.15, -0.1) is 11.3 Å². The van der Waals surface area contributed by atoms with Crippen LogP contribution in [0.2, 0.25) is 0 Å². The maximum Gasteiger partial charge on any atom is 0.185 e. The molecule has 1 saturated heterocycles. The molecule has 2 heterocycles. The number of ether oxygens (including phenoxy) is 1. The Morgan fingerprint density at radius 1 is 1.47 bits per heavy atom. The third-order valence-electron chi connectivity index (χ3n) is 2.83. The zero-order valence-corrected chi connectivity index (χ0v) is 11.4. The van der Waals surface area contributed by atoms with Crippen LogP contribution in [0.3, 0.4) is 0 Å². The first kappa shape index (κ1) is 12.9. The topological polar surface area (TPSA) is 43.4 Å². The SMILES string of the molecule is Cc1ccc(C(=O)CS(=O)C2CCOCC2)s1. The molecule has 1 fully saturated rings. The van der Waals surface area contributed by atoms with Crippen LogP contribution >= 0.6 is 11.3 Å². The van der Waals surface area contributed by atoms with Crippen molar-refractivity contribution in [2.24, 2.45) is 0 Å². The molecule has 0 amide bonds. The van der Waals surface area contributed by atoms with Crippen molar-refractivity contribution in [2.45, 2.75) is 25.0 Å². The fraction of sp³-hybridized carbons (Fsp3) is 0.583. The Bertz CT molecular complexity index is 419. The number of ketones is 1. The highest BCUT2D eigenvalue weighted by Crippen LogP contribution is 2.18. The van der Waals surface area contributed by atoms with Crippen LogP contribution < -0.4 is 0 Å². The molecular formula is C12H16O3S2. The van der Waals surface area contributed by atoms with Gasteiger partial charge in [-0.3, -0.25) is 9.00 Å². The number of Topliss-reactive ketones (excluding diaryl/α,β-unsaturated/α-hetero) is 1. The Kier molecular flexibility index (Phi) is 4.48. The van der Waals surface area contributed by atoms with E-state index in [0.29, 0.717) is 13.2 Å². The largest absolute Gasteiger partial charge is 0.381 e. The molecule has 94 valence electrons. The smallest absolute Gasteiger partial charge is 0.185 e. The van der Waals surface area contributed by atoms with E-state index in [2.05, 4.69) is 0 Å². The van der Waals surface area contributed by atoms with E-state index in [4.69, 9.17) is 4.74 Å². The van der Waals surface area contributed by atoms with Gasteiger partial charge in [0.1, 0.15) is 0 Å². The number of hydrogen-bond acceptors (Lipinski definition) is 4. The lowest BCUT2D eigenvalue weighted by Crippen LogP contribution is -2.28. The lowest BCUT2D eigenvalue weighted by molar-refractivity contribution is 0.0981. The van der Waals surface area contributed by atoms with Gasteiger partial charge in [0.15, 0.2) is 5.78 Å². The van der Waals surface area contributed by atoms with Crippen molar-refractivity contribution < 1.29 is 13.7 Å². The minimum absolute atomic E-state index is 0.00734. The molecule has 0 saturated carbocycles. The second-order valence-electron chi connectivity index (χ2n) is 4.17. The molecule has 0 aliphatic carbocycles. The number of aryl methyl sites for hydroxylation is 1. The second-order valence-corrected chi connectivity index (χ2v) is 7.18. The highest BCUT2D eigenvalue weighted by molar-refractivity contribution is 7.86. The van der Waals surface area contributed by atoms with Gasteiger partial charge >= 0.3 is 0 Å². The number of rotatable bonds is 4. The molecule has 1 aromatic rings. The average molecular weight is 272 g/mol. The first-order valence-electron chi connectivity index (χ1n) is 5.71. The Labute approximate surface area is 108 Å². The van der Waals surface area contributed by atoms with E-state index in [9.17, 15) is 9.00 Å². The van der Waals surface area contributed by atoms with Crippen LogP contribution in [0.4, 0.5) is 0 Å². The standard InChI is InChI=1S/C12H16O3S2/c1-9-2-3-12(16-9)11(13)8-17(14)10-4-6-15-7-5-10/h2-3,10H,4-8H2,1H3. The van der Waals surface area contributed by atoms with Crippen LogP contribution in [0, 0.1) is 6.92 Å². The molecular weight excluding hydrogens is 256 g/mol. The van der Waals surface area contributed by atoms with Gasteiger partial charge in [-0.25, -0.2) is 0 Å². The minimum atomic E-state index is -1.05. The van der Waals surface area contributed by atoms with Crippen LogP contribution in [0.5, 0.6) is 0 Å². The molecule has 1 aliphatic heterocycles. The molecule has 1 aromatic heterocycles. The summed E-state index contributed by atoms with van der Waals surface area (Å²) in [5.41, 5.74) is 0. The van der Waals surface area contributed by atoms with E-state index in [0.717, 1.165) is 22.6 Å². The molecule has 0 aromatic carbocycles. The Morgan fingerprint density at radius 2 is 2.18 bits per heavy atom. The van der Waals surface area contributed by atoms with Gasteiger partial charge < -0.3 is 4.74 Å². The van der Waals surface area contributed by atoms with Gasteiger partial charge in [0.2, 0.25) is 0 Å². The van der Waals surface area contributed by atoms with Crippen molar-refractivity contribution in [3.05, 3.63) is 21.9 Å². The molecule has 0 N–H and O–H groups in total. The summed E-state index contributed by atoms with van der Waals surface area (Å²) in [4.78, 5) is 13.7. The predicted molar refractivity (Wildman–Crippen MR) is 70.2 cm³/mol. The Morgan fingerprint density at radius 3 is 2.76 bits per heavy atom. The van der Waals surface area contributed by atoms with Crippen molar-refractivity contribution >= 4 is 27.9 Å². The quantitative estimate of drug-likeness (QED) is 0.789. The van der Waals surface area contributed by atoms with E-state index in [1.165, 1.54) is 11.3 Å². The molecule has 0 spiro atoms. The van der Waals surface area contributed by atoms with E-state index >= 15 is 0 Å². The van der Waals surface area contributed by atoms with Crippen molar-refractivity contribution in [1.82, 2.24) is 0 Å². The Balaban J connectivity index is 1.91. The maximum atomic E-state index is 12.0. The summed E-state index contributed by atoms with van der Waals surface area (Å²) in [5, 5.41) is 0.133. The summed E-state index contributed by atoms with van der Waals surface area (Å²) < 4.78 is 17.3. The van der Waals surface area contributed by atoms with Crippen molar-refractivity contribution in [1.29, 1.82) is 0 Å². The van der Waals surface area contributed by atoms with Gasteiger partial charge in [0.25, 0.3) is 0 Å². The monoisotopic (exact) mass is 272 g/mol. The summed E-state index contributed by atoms with van der Waals surface area (Å²) in [5.74, 6) is 0.165. The summed E-state index contributed by atoms with van der Waals surface area (Å²) in [7, 11) is -1.05.